The fourth-order valence-corrected chi connectivity index (χ4v) is 3.50. The second-order valence-electron chi connectivity index (χ2n) is 6.36. The van der Waals surface area contributed by atoms with Crippen LogP contribution in [0, 0.1) is 0 Å². The van der Waals surface area contributed by atoms with Crippen molar-refractivity contribution in [1.82, 2.24) is 0 Å². The van der Waals surface area contributed by atoms with Crippen LogP contribution in [0.1, 0.15) is 9.67 Å². The maximum atomic E-state index is 12.2. The van der Waals surface area contributed by atoms with E-state index in [9.17, 15) is 9.59 Å². The Labute approximate surface area is 171 Å². The summed E-state index contributed by atoms with van der Waals surface area (Å²) in [5.41, 5.74) is 1.19. The molecule has 6 heteroatoms. The number of anilines is 2. The lowest BCUT2D eigenvalue weighted by atomic mass is 10.1. The van der Waals surface area contributed by atoms with Crippen LogP contribution in [0.15, 0.2) is 84.2 Å². The number of amides is 2. The van der Waals surface area contributed by atoms with Crippen molar-refractivity contribution in [2.75, 3.05) is 17.2 Å². The molecule has 4 rings (SSSR count). The molecular formula is C23H18N2O3S. The normalized spacial score (nSPS) is 10.5. The molecule has 2 amide bonds. The Morgan fingerprint density at radius 3 is 2.38 bits per heavy atom. The van der Waals surface area contributed by atoms with Gasteiger partial charge in [0.05, 0.1) is 4.88 Å². The predicted octanol–water partition coefficient (Wildman–Crippen LogP) is 5.17. The highest BCUT2D eigenvalue weighted by Crippen LogP contribution is 2.21. The smallest absolute Gasteiger partial charge is 0.265 e. The van der Waals surface area contributed by atoms with Gasteiger partial charge in [0, 0.05) is 11.4 Å². The Balaban J connectivity index is 1.34. The van der Waals surface area contributed by atoms with Gasteiger partial charge in [0.2, 0.25) is 0 Å². The van der Waals surface area contributed by atoms with Crippen molar-refractivity contribution in [3.8, 4) is 5.75 Å². The van der Waals surface area contributed by atoms with Crippen molar-refractivity contribution in [2.45, 2.75) is 0 Å². The number of carbonyl (C=O) groups excluding carboxylic acids is 2. The number of fused-ring (bicyclic) bond motifs is 1. The zero-order chi connectivity index (χ0) is 20.1. The fourth-order valence-electron chi connectivity index (χ4n) is 2.88. The monoisotopic (exact) mass is 402 g/mol. The number of thiophene rings is 1. The van der Waals surface area contributed by atoms with Crippen molar-refractivity contribution in [1.29, 1.82) is 0 Å². The highest BCUT2D eigenvalue weighted by atomic mass is 32.1. The largest absolute Gasteiger partial charge is 0.484 e. The zero-order valence-corrected chi connectivity index (χ0v) is 16.2. The number of rotatable bonds is 6. The van der Waals surface area contributed by atoms with Gasteiger partial charge in [0.1, 0.15) is 5.75 Å². The number of hydrogen-bond donors (Lipinski definition) is 2. The first-order valence-corrected chi connectivity index (χ1v) is 9.92. The van der Waals surface area contributed by atoms with E-state index in [1.54, 1.807) is 30.3 Å². The highest BCUT2D eigenvalue weighted by molar-refractivity contribution is 7.12. The summed E-state index contributed by atoms with van der Waals surface area (Å²) >= 11 is 1.37. The number of ether oxygens (including phenoxy) is 1. The third kappa shape index (κ3) is 4.80. The molecule has 0 aliphatic carbocycles. The molecule has 144 valence electrons. The molecule has 0 radical (unpaired) electrons. The quantitative estimate of drug-likeness (QED) is 0.467. The van der Waals surface area contributed by atoms with Crippen molar-refractivity contribution >= 4 is 45.3 Å². The van der Waals surface area contributed by atoms with Gasteiger partial charge in [-0.05, 0) is 52.6 Å². The molecule has 0 bridgehead atoms. The Morgan fingerprint density at radius 1 is 0.793 bits per heavy atom. The van der Waals surface area contributed by atoms with Gasteiger partial charge in [-0.2, -0.15) is 0 Å². The molecule has 0 fully saturated rings. The average Bonchev–Trinajstić information content (AvgIpc) is 3.27. The summed E-state index contributed by atoms with van der Waals surface area (Å²) < 4.78 is 5.61. The molecule has 0 aliphatic rings. The van der Waals surface area contributed by atoms with Crippen molar-refractivity contribution in [3.05, 3.63) is 89.1 Å². The second-order valence-corrected chi connectivity index (χ2v) is 7.31. The molecule has 0 saturated carbocycles. The van der Waals surface area contributed by atoms with Gasteiger partial charge in [-0.3, -0.25) is 9.59 Å². The van der Waals surface area contributed by atoms with Gasteiger partial charge < -0.3 is 15.4 Å². The number of nitrogens with one attached hydrogen (secondary N) is 2. The van der Waals surface area contributed by atoms with Crippen LogP contribution in [0.3, 0.4) is 0 Å². The zero-order valence-electron chi connectivity index (χ0n) is 15.4. The topological polar surface area (TPSA) is 67.4 Å². The Hall–Kier alpha value is -3.64. The van der Waals surface area contributed by atoms with E-state index in [0.29, 0.717) is 22.0 Å². The Kier molecular flexibility index (Phi) is 5.54. The molecule has 4 aromatic rings. The molecule has 29 heavy (non-hydrogen) atoms. The molecule has 3 aromatic carbocycles. The summed E-state index contributed by atoms with van der Waals surface area (Å²) in [6.45, 7) is -0.107. The van der Waals surface area contributed by atoms with Gasteiger partial charge in [-0.1, -0.05) is 42.5 Å². The minimum Gasteiger partial charge on any atom is -0.484 e. The van der Waals surface area contributed by atoms with E-state index < -0.39 is 0 Å². The maximum absolute atomic E-state index is 12.2. The standard InChI is InChI=1S/C23H18N2O3S/c26-22(15-28-20-11-10-16-5-1-2-6-17(16)13-20)24-18-7-3-8-19(14-18)25-23(27)21-9-4-12-29-21/h1-14H,15H2,(H,24,26)(H,25,27). The first-order chi connectivity index (χ1) is 14.2. The molecule has 0 atom stereocenters. The summed E-state index contributed by atoms with van der Waals surface area (Å²) in [6, 6.07) is 24.3. The average molecular weight is 402 g/mol. The molecule has 0 saturated heterocycles. The molecule has 1 aromatic heterocycles. The van der Waals surface area contributed by atoms with Gasteiger partial charge in [-0.15, -0.1) is 11.3 Å². The summed E-state index contributed by atoms with van der Waals surface area (Å²) in [5.74, 6) is 0.179. The van der Waals surface area contributed by atoms with Gasteiger partial charge in [0.15, 0.2) is 6.61 Å². The lowest BCUT2D eigenvalue weighted by Crippen LogP contribution is -2.20. The number of benzene rings is 3. The highest BCUT2D eigenvalue weighted by Gasteiger charge is 2.09. The lowest BCUT2D eigenvalue weighted by Gasteiger charge is -2.10. The van der Waals surface area contributed by atoms with Gasteiger partial charge in [0.25, 0.3) is 11.8 Å². The molecule has 0 aliphatic heterocycles. The summed E-state index contributed by atoms with van der Waals surface area (Å²) in [5, 5.41) is 9.63. The van der Waals surface area contributed by atoms with Crippen LogP contribution in [0.4, 0.5) is 11.4 Å². The summed E-state index contributed by atoms with van der Waals surface area (Å²) in [7, 11) is 0. The predicted molar refractivity (Wildman–Crippen MR) is 117 cm³/mol. The van der Waals surface area contributed by atoms with E-state index in [0.717, 1.165) is 10.8 Å². The number of hydrogen-bond acceptors (Lipinski definition) is 4. The Morgan fingerprint density at radius 2 is 1.59 bits per heavy atom. The van der Waals surface area contributed by atoms with Gasteiger partial charge in [-0.25, -0.2) is 0 Å². The fraction of sp³-hybridized carbons (Fsp3) is 0.0435. The SMILES string of the molecule is O=C(COc1ccc2ccccc2c1)Nc1cccc(NC(=O)c2cccs2)c1. The molecule has 2 N–H and O–H groups in total. The van der Waals surface area contributed by atoms with Gasteiger partial charge >= 0.3 is 0 Å². The first kappa shape index (κ1) is 18.7. The minimum absolute atomic E-state index is 0.107. The molecule has 5 nitrogen and oxygen atoms in total. The molecule has 0 spiro atoms. The van der Waals surface area contributed by atoms with Crippen LogP contribution in [-0.2, 0) is 4.79 Å². The molecular weight excluding hydrogens is 384 g/mol. The Bertz CT molecular complexity index is 1160. The summed E-state index contributed by atoms with van der Waals surface area (Å²) in [6.07, 6.45) is 0. The van der Waals surface area contributed by atoms with E-state index in [2.05, 4.69) is 10.6 Å². The second kappa shape index (κ2) is 8.58. The lowest BCUT2D eigenvalue weighted by molar-refractivity contribution is -0.118. The van der Waals surface area contributed by atoms with Crippen LogP contribution in [0.5, 0.6) is 5.75 Å². The first-order valence-electron chi connectivity index (χ1n) is 9.04. The molecule has 1 heterocycles. The van der Waals surface area contributed by atoms with E-state index in [1.807, 2.05) is 53.9 Å². The van der Waals surface area contributed by atoms with E-state index in [4.69, 9.17) is 4.74 Å². The van der Waals surface area contributed by atoms with Crippen molar-refractivity contribution < 1.29 is 14.3 Å². The third-order valence-corrected chi connectivity index (χ3v) is 5.11. The van der Waals surface area contributed by atoms with Crippen LogP contribution >= 0.6 is 11.3 Å². The van der Waals surface area contributed by atoms with E-state index >= 15 is 0 Å². The van der Waals surface area contributed by atoms with Crippen LogP contribution in [0.25, 0.3) is 10.8 Å². The minimum atomic E-state index is -0.278. The van der Waals surface area contributed by atoms with E-state index in [1.165, 1.54) is 11.3 Å². The van der Waals surface area contributed by atoms with Crippen LogP contribution in [0.2, 0.25) is 0 Å². The molecule has 0 unspecified atom stereocenters. The number of carbonyl (C=O) groups is 2. The maximum Gasteiger partial charge on any atom is 0.265 e. The third-order valence-electron chi connectivity index (χ3n) is 4.24. The van der Waals surface area contributed by atoms with Crippen molar-refractivity contribution in [3.63, 3.8) is 0 Å². The van der Waals surface area contributed by atoms with E-state index in [-0.39, 0.29) is 18.4 Å². The van der Waals surface area contributed by atoms with Crippen LogP contribution < -0.4 is 15.4 Å². The van der Waals surface area contributed by atoms with Crippen molar-refractivity contribution in [2.24, 2.45) is 0 Å². The van der Waals surface area contributed by atoms with Crippen LogP contribution in [-0.4, -0.2) is 18.4 Å². The summed E-state index contributed by atoms with van der Waals surface area (Å²) in [4.78, 5) is 25.0.